The highest BCUT2D eigenvalue weighted by Gasteiger charge is 2.30. The molecule has 0 aliphatic carbocycles. The highest BCUT2D eigenvalue weighted by atomic mass is 35.5. The van der Waals surface area contributed by atoms with Crippen molar-refractivity contribution in [2.45, 2.75) is 19.5 Å². The molecule has 0 aromatic carbocycles. The second-order valence-electron chi connectivity index (χ2n) is 4.60. The maximum atomic E-state index is 12.2. The Morgan fingerprint density at radius 2 is 2.41 bits per heavy atom. The van der Waals surface area contributed by atoms with Gasteiger partial charge < -0.3 is 14.8 Å². The SMILES string of the molecule is O=C([C@H]1CCNC1)N1CCn2c(Cl)cnc2C1. The second-order valence-corrected chi connectivity index (χ2v) is 4.99. The smallest absolute Gasteiger partial charge is 0.227 e. The summed E-state index contributed by atoms with van der Waals surface area (Å²) in [6.07, 6.45) is 2.60. The van der Waals surface area contributed by atoms with Crippen molar-refractivity contribution in [3.8, 4) is 0 Å². The van der Waals surface area contributed by atoms with Crippen molar-refractivity contribution in [2.24, 2.45) is 5.92 Å². The highest BCUT2D eigenvalue weighted by molar-refractivity contribution is 6.29. The third kappa shape index (κ3) is 1.93. The van der Waals surface area contributed by atoms with Gasteiger partial charge in [-0.25, -0.2) is 4.98 Å². The van der Waals surface area contributed by atoms with Crippen LogP contribution >= 0.6 is 11.6 Å². The topological polar surface area (TPSA) is 50.2 Å². The second kappa shape index (κ2) is 4.31. The van der Waals surface area contributed by atoms with Gasteiger partial charge in [0.25, 0.3) is 0 Å². The summed E-state index contributed by atoms with van der Waals surface area (Å²) in [7, 11) is 0. The highest BCUT2D eigenvalue weighted by Crippen LogP contribution is 2.20. The lowest BCUT2D eigenvalue weighted by Crippen LogP contribution is -2.42. The molecule has 0 bridgehead atoms. The van der Waals surface area contributed by atoms with Crippen molar-refractivity contribution in [2.75, 3.05) is 19.6 Å². The molecule has 1 N–H and O–H groups in total. The molecule has 1 saturated heterocycles. The lowest BCUT2D eigenvalue weighted by atomic mass is 10.1. The summed E-state index contributed by atoms with van der Waals surface area (Å²) in [6, 6.07) is 0. The summed E-state index contributed by atoms with van der Waals surface area (Å²) in [4.78, 5) is 18.4. The number of hydrogen-bond donors (Lipinski definition) is 1. The number of rotatable bonds is 1. The lowest BCUT2D eigenvalue weighted by Gasteiger charge is -2.29. The summed E-state index contributed by atoms with van der Waals surface area (Å²) >= 11 is 6.00. The van der Waals surface area contributed by atoms with Gasteiger partial charge in [-0.3, -0.25) is 4.79 Å². The van der Waals surface area contributed by atoms with Crippen LogP contribution in [0.5, 0.6) is 0 Å². The molecule has 2 aliphatic heterocycles. The fourth-order valence-electron chi connectivity index (χ4n) is 2.53. The van der Waals surface area contributed by atoms with Crippen molar-refractivity contribution in [1.82, 2.24) is 19.8 Å². The Labute approximate surface area is 105 Å². The number of hydrogen-bond acceptors (Lipinski definition) is 3. The molecule has 5 nitrogen and oxygen atoms in total. The number of halogens is 1. The van der Waals surface area contributed by atoms with E-state index >= 15 is 0 Å². The molecule has 1 amide bonds. The molecule has 0 radical (unpaired) electrons. The number of fused-ring (bicyclic) bond motifs is 1. The first kappa shape index (κ1) is 11.0. The van der Waals surface area contributed by atoms with Crippen LogP contribution in [0.2, 0.25) is 5.15 Å². The molecule has 17 heavy (non-hydrogen) atoms. The number of nitrogens with one attached hydrogen (secondary N) is 1. The fraction of sp³-hybridized carbons (Fsp3) is 0.636. The van der Waals surface area contributed by atoms with Gasteiger partial charge in [-0.15, -0.1) is 0 Å². The molecule has 0 saturated carbocycles. The van der Waals surface area contributed by atoms with E-state index in [4.69, 9.17) is 11.6 Å². The van der Waals surface area contributed by atoms with E-state index in [1.807, 2.05) is 9.47 Å². The summed E-state index contributed by atoms with van der Waals surface area (Å²) in [5.74, 6) is 1.29. The Bertz CT molecular complexity index is 439. The van der Waals surface area contributed by atoms with E-state index < -0.39 is 0 Å². The molecule has 3 rings (SSSR count). The fourth-order valence-corrected chi connectivity index (χ4v) is 2.77. The summed E-state index contributed by atoms with van der Waals surface area (Å²) in [6.45, 7) is 3.83. The van der Waals surface area contributed by atoms with E-state index in [0.717, 1.165) is 38.4 Å². The van der Waals surface area contributed by atoms with Gasteiger partial charge in [0.1, 0.15) is 11.0 Å². The van der Waals surface area contributed by atoms with E-state index in [1.165, 1.54) is 0 Å². The molecular weight excluding hydrogens is 240 g/mol. The van der Waals surface area contributed by atoms with Gasteiger partial charge in [0, 0.05) is 19.6 Å². The minimum Gasteiger partial charge on any atom is -0.333 e. The van der Waals surface area contributed by atoms with Crippen LogP contribution in [0.4, 0.5) is 0 Å². The van der Waals surface area contributed by atoms with Gasteiger partial charge in [-0.2, -0.15) is 0 Å². The molecule has 0 spiro atoms. The average Bonchev–Trinajstić information content (AvgIpc) is 2.98. The Hall–Kier alpha value is -1.07. The van der Waals surface area contributed by atoms with Crippen LogP contribution in [0.25, 0.3) is 0 Å². The third-order valence-corrected chi connectivity index (χ3v) is 3.84. The first-order valence-corrected chi connectivity index (χ1v) is 6.33. The maximum Gasteiger partial charge on any atom is 0.227 e. The molecule has 0 unspecified atom stereocenters. The Balaban J connectivity index is 1.73. The summed E-state index contributed by atoms with van der Waals surface area (Å²) < 4.78 is 1.97. The summed E-state index contributed by atoms with van der Waals surface area (Å²) in [5.41, 5.74) is 0. The van der Waals surface area contributed by atoms with Crippen LogP contribution in [0.1, 0.15) is 12.2 Å². The molecule has 1 aromatic heterocycles. The Morgan fingerprint density at radius 1 is 1.53 bits per heavy atom. The van der Waals surface area contributed by atoms with Crippen LogP contribution in [0.3, 0.4) is 0 Å². The van der Waals surface area contributed by atoms with Gasteiger partial charge in [-0.05, 0) is 13.0 Å². The maximum absolute atomic E-state index is 12.2. The molecule has 2 aliphatic rings. The minimum absolute atomic E-state index is 0.145. The number of imidazole rings is 1. The Kier molecular flexibility index (Phi) is 2.80. The number of carbonyl (C=O) groups excluding carboxylic acids is 1. The standard InChI is InChI=1S/C11H15ClN4O/c12-9-6-14-10-7-15(3-4-16(9)10)11(17)8-1-2-13-5-8/h6,8,13H,1-5,7H2/t8-/m0/s1. The predicted octanol–water partition coefficient (Wildman–Crippen LogP) is 0.488. The van der Waals surface area contributed by atoms with E-state index in [2.05, 4.69) is 10.3 Å². The van der Waals surface area contributed by atoms with E-state index in [-0.39, 0.29) is 11.8 Å². The van der Waals surface area contributed by atoms with Crippen molar-refractivity contribution in [3.63, 3.8) is 0 Å². The molecule has 92 valence electrons. The van der Waals surface area contributed by atoms with Gasteiger partial charge in [-0.1, -0.05) is 11.6 Å². The first-order valence-electron chi connectivity index (χ1n) is 5.95. The van der Waals surface area contributed by atoms with Crippen molar-refractivity contribution in [3.05, 3.63) is 17.2 Å². The van der Waals surface area contributed by atoms with E-state index in [1.54, 1.807) is 6.20 Å². The molecule has 1 fully saturated rings. The van der Waals surface area contributed by atoms with Crippen LogP contribution < -0.4 is 5.32 Å². The normalized spacial score (nSPS) is 23.8. The van der Waals surface area contributed by atoms with Crippen LogP contribution in [-0.2, 0) is 17.9 Å². The van der Waals surface area contributed by atoms with Crippen molar-refractivity contribution >= 4 is 17.5 Å². The van der Waals surface area contributed by atoms with Crippen LogP contribution in [0, 0.1) is 5.92 Å². The number of amides is 1. The molecule has 6 heteroatoms. The van der Waals surface area contributed by atoms with E-state index in [0.29, 0.717) is 11.7 Å². The van der Waals surface area contributed by atoms with Crippen LogP contribution in [0.15, 0.2) is 6.20 Å². The average molecular weight is 255 g/mol. The first-order chi connectivity index (χ1) is 8.25. The minimum atomic E-state index is 0.145. The van der Waals surface area contributed by atoms with Crippen molar-refractivity contribution in [1.29, 1.82) is 0 Å². The molecular formula is C11H15ClN4O. The zero-order valence-corrected chi connectivity index (χ0v) is 10.3. The van der Waals surface area contributed by atoms with E-state index in [9.17, 15) is 4.79 Å². The van der Waals surface area contributed by atoms with Crippen LogP contribution in [-0.4, -0.2) is 40.0 Å². The molecule has 1 aromatic rings. The summed E-state index contributed by atoms with van der Waals surface area (Å²) in [5, 5.41) is 3.89. The zero-order valence-electron chi connectivity index (χ0n) is 9.53. The Morgan fingerprint density at radius 3 is 3.18 bits per heavy atom. The monoisotopic (exact) mass is 254 g/mol. The largest absolute Gasteiger partial charge is 0.333 e. The molecule has 3 heterocycles. The number of carbonyl (C=O) groups is 1. The van der Waals surface area contributed by atoms with Gasteiger partial charge >= 0.3 is 0 Å². The zero-order chi connectivity index (χ0) is 11.8. The lowest BCUT2D eigenvalue weighted by molar-refractivity contribution is -0.136. The van der Waals surface area contributed by atoms with Gasteiger partial charge in [0.2, 0.25) is 5.91 Å². The number of aromatic nitrogens is 2. The number of nitrogens with zero attached hydrogens (tertiary/aromatic N) is 3. The quantitative estimate of drug-likeness (QED) is 0.794. The van der Waals surface area contributed by atoms with Gasteiger partial charge in [0.05, 0.1) is 18.7 Å². The van der Waals surface area contributed by atoms with Gasteiger partial charge in [0.15, 0.2) is 0 Å². The van der Waals surface area contributed by atoms with Crippen molar-refractivity contribution < 1.29 is 4.79 Å². The molecule has 1 atom stereocenters. The third-order valence-electron chi connectivity index (χ3n) is 3.54. The predicted molar refractivity (Wildman–Crippen MR) is 63.6 cm³/mol.